The van der Waals surface area contributed by atoms with Crippen molar-refractivity contribution >= 4 is 17.5 Å². The number of halogens is 1. The number of hydrogen-bond donors (Lipinski definition) is 3. The lowest BCUT2D eigenvalue weighted by molar-refractivity contribution is -0.136. The van der Waals surface area contributed by atoms with Crippen LogP contribution in [0, 0.1) is 11.7 Å². The molecule has 5 nitrogen and oxygen atoms in total. The molecule has 0 aliphatic carbocycles. The van der Waals surface area contributed by atoms with Crippen molar-refractivity contribution in [2.45, 2.75) is 26.2 Å². The molecule has 0 aliphatic rings. The molecule has 116 valence electrons. The number of amides is 2. The van der Waals surface area contributed by atoms with Gasteiger partial charge in [-0.15, -0.1) is 0 Å². The van der Waals surface area contributed by atoms with Gasteiger partial charge in [0, 0.05) is 13.2 Å². The monoisotopic (exact) mass is 296 g/mol. The predicted molar refractivity (Wildman–Crippen MR) is 78.1 cm³/mol. The summed E-state index contributed by atoms with van der Waals surface area (Å²) in [6.45, 7) is 2.37. The van der Waals surface area contributed by atoms with Gasteiger partial charge in [-0.05, 0) is 30.9 Å². The summed E-state index contributed by atoms with van der Waals surface area (Å²) < 4.78 is 13.4. The van der Waals surface area contributed by atoms with Crippen LogP contribution in [0.15, 0.2) is 24.3 Å². The van der Waals surface area contributed by atoms with Crippen LogP contribution in [0.5, 0.6) is 0 Å². The molecule has 0 spiro atoms. The lowest BCUT2D eigenvalue weighted by Gasteiger charge is -2.15. The number of carbonyl (C=O) groups excluding carboxylic acids is 2. The highest BCUT2D eigenvalue weighted by atomic mass is 19.1. The Morgan fingerprint density at radius 1 is 1.24 bits per heavy atom. The molecule has 0 aromatic heterocycles. The minimum atomic E-state index is -0.903. The van der Waals surface area contributed by atoms with Crippen molar-refractivity contribution in [2.24, 2.45) is 5.92 Å². The largest absolute Gasteiger partial charge is 0.396 e. The quantitative estimate of drug-likeness (QED) is 0.670. The molecule has 1 aromatic carbocycles. The summed E-state index contributed by atoms with van der Waals surface area (Å²) in [6, 6.07) is 5.64. The third-order valence-corrected chi connectivity index (χ3v) is 3.11. The van der Waals surface area contributed by atoms with Crippen LogP contribution in [0.2, 0.25) is 0 Å². The maximum Gasteiger partial charge on any atom is 0.313 e. The van der Waals surface area contributed by atoms with E-state index >= 15 is 0 Å². The zero-order valence-corrected chi connectivity index (χ0v) is 12.1. The Morgan fingerprint density at radius 2 is 1.95 bits per heavy atom. The second-order valence-corrected chi connectivity index (χ2v) is 4.81. The Hall–Kier alpha value is -1.95. The highest BCUT2D eigenvalue weighted by Gasteiger charge is 2.17. The first kappa shape index (κ1) is 17.1. The Morgan fingerprint density at radius 3 is 2.57 bits per heavy atom. The van der Waals surface area contributed by atoms with Crippen molar-refractivity contribution in [2.75, 3.05) is 18.5 Å². The van der Waals surface area contributed by atoms with Crippen LogP contribution < -0.4 is 10.6 Å². The number of anilines is 1. The number of hydrogen-bond acceptors (Lipinski definition) is 3. The highest BCUT2D eigenvalue weighted by molar-refractivity contribution is 6.39. The lowest BCUT2D eigenvalue weighted by Crippen LogP contribution is -2.38. The van der Waals surface area contributed by atoms with E-state index in [1.165, 1.54) is 18.2 Å². The molecular formula is C15H21FN2O3. The maximum absolute atomic E-state index is 13.4. The fourth-order valence-corrected chi connectivity index (χ4v) is 2.00. The van der Waals surface area contributed by atoms with Gasteiger partial charge in [-0.1, -0.05) is 25.5 Å². The lowest BCUT2D eigenvalue weighted by atomic mass is 10.0. The first-order valence-electron chi connectivity index (χ1n) is 7.03. The third kappa shape index (κ3) is 5.91. The molecule has 0 saturated carbocycles. The molecule has 0 heterocycles. The smallest absolute Gasteiger partial charge is 0.313 e. The number of aliphatic hydroxyl groups is 1. The molecular weight excluding hydrogens is 275 g/mol. The molecule has 2 amide bonds. The average molecular weight is 296 g/mol. The third-order valence-electron chi connectivity index (χ3n) is 3.11. The van der Waals surface area contributed by atoms with Gasteiger partial charge in [0.1, 0.15) is 5.82 Å². The summed E-state index contributed by atoms with van der Waals surface area (Å²) in [7, 11) is 0. The van der Waals surface area contributed by atoms with Crippen LogP contribution in [0.3, 0.4) is 0 Å². The van der Waals surface area contributed by atoms with Gasteiger partial charge in [-0.3, -0.25) is 9.59 Å². The summed E-state index contributed by atoms with van der Waals surface area (Å²) in [5, 5.41) is 13.7. The van der Waals surface area contributed by atoms with E-state index in [1.807, 2.05) is 6.92 Å². The van der Waals surface area contributed by atoms with E-state index in [0.29, 0.717) is 13.0 Å². The maximum atomic E-state index is 13.4. The fourth-order valence-electron chi connectivity index (χ4n) is 2.00. The summed E-state index contributed by atoms with van der Waals surface area (Å²) in [5.41, 5.74) is -0.0295. The second-order valence-electron chi connectivity index (χ2n) is 4.81. The van der Waals surface area contributed by atoms with Gasteiger partial charge in [0.25, 0.3) is 0 Å². The fraction of sp³-hybridized carbons (Fsp3) is 0.467. The Labute approximate surface area is 123 Å². The molecule has 1 unspecified atom stereocenters. The van der Waals surface area contributed by atoms with Crippen LogP contribution in [0.4, 0.5) is 10.1 Å². The SMILES string of the molecule is CCCC(CCO)CNC(=O)C(=O)Nc1ccccc1F. The molecule has 6 heteroatoms. The van der Waals surface area contributed by atoms with Gasteiger partial charge in [0.2, 0.25) is 0 Å². The molecule has 1 atom stereocenters. The van der Waals surface area contributed by atoms with Gasteiger partial charge < -0.3 is 15.7 Å². The summed E-state index contributed by atoms with van der Waals surface area (Å²) in [5.74, 6) is -2.18. The standard InChI is InChI=1S/C15H21FN2O3/c1-2-5-11(8-9-19)10-17-14(20)15(21)18-13-7-4-3-6-12(13)16/h3-4,6-7,11,19H,2,5,8-10H2,1H3,(H,17,20)(H,18,21). The predicted octanol–water partition coefficient (Wildman–Crippen LogP) is 1.68. The Bertz CT molecular complexity index is 474. The topological polar surface area (TPSA) is 78.4 Å². The van der Waals surface area contributed by atoms with E-state index in [4.69, 9.17) is 5.11 Å². The second kappa shape index (κ2) is 9.07. The normalized spacial score (nSPS) is 11.8. The van der Waals surface area contributed by atoms with Crippen molar-refractivity contribution < 1.29 is 19.1 Å². The van der Waals surface area contributed by atoms with E-state index in [0.717, 1.165) is 12.8 Å². The van der Waals surface area contributed by atoms with Crippen LogP contribution in [0.1, 0.15) is 26.2 Å². The van der Waals surface area contributed by atoms with Gasteiger partial charge in [-0.2, -0.15) is 0 Å². The molecule has 1 rings (SSSR count). The van der Waals surface area contributed by atoms with E-state index in [9.17, 15) is 14.0 Å². The minimum Gasteiger partial charge on any atom is -0.396 e. The van der Waals surface area contributed by atoms with Crippen molar-refractivity contribution in [3.8, 4) is 0 Å². The van der Waals surface area contributed by atoms with Crippen LogP contribution in [0.25, 0.3) is 0 Å². The summed E-state index contributed by atoms with van der Waals surface area (Å²) in [6.07, 6.45) is 2.36. The molecule has 3 N–H and O–H groups in total. The Kier molecular flexibility index (Phi) is 7.39. The van der Waals surface area contributed by atoms with E-state index in [2.05, 4.69) is 10.6 Å². The van der Waals surface area contributed by atoms with Gasteiger partial charge in [0.05, 0.1) is 5.69 Å². The number of para-hydroxylation sites is 1. The zero-order valence-electron chi connectivity index (χ0n) is 12.1. The van der Waals surface area contributed by atoms with Crippen molar-refractivity contribution in [3.63, 3.8) is 0 Å². The average Bonchev–Trinajstić information content (AvgIpc) is 2.47. The van der Waals surface area contributed by atoms with Crippen LogP contribution >= 0.6 is 0 Å². The van der Waals surface area contributed by atoms with Gasteiger partial charge >= 0.3 is 11.8 Å². The van der Waals surface area contributed by atoms with Gasteiger partial charge in [0.15, 0.2) is 0 Å². The summed E-state index contributed by atoms with van der Waals surface area (Å²) in [4.78, 5) is 23.3. The van der Waals surface area contributed by atoms with Gasteiger partial charge in [-0.25, -0.2) is 4.39 Å². The van der Waals surface area contributed by atoms with Crippen LogP contribution in [-0.2, 0) is 9.59 Å². The zero-order chi connectivity index (χ0) is 15.7. The summed E-state index contributed by atoms with van der Waals surface area (Å²) >= 11 is 0. The molecule has 0 fully saturated rings. The van der Waals surface area contributed by atoms with Crippen molar-refractivity contribution in [1.82, 2.24) is 5.32 Å². The first-order chi connectivity index (χ1) is 10.1. The number of carbonyl (C=O) groups is 2. The molecule has 0 aliphatic heterocycles. The highest BCUT2D eigenvalue weighted by Crippen LogP contribution is 2.12. The van der Waals surface area contributed by atoms with E-state index in [-0.39, 0.29) is 18.2 Å². The molecule has 0 radical (unpaired) electrons. The van der Waals surface area contributed by atoms with Crippen molar-refractivity contribution in [1.29, 1.82) is 0 Å². The van der Waals surface area contributed by atoms with E-state index in [1.54, 1.807) is 6.07 Å². The number of rotatable bonds is 7. The Balaban J connectivity index is 2.47. The number of aliphatic hydroxyl groups excluding tert-OH is 1. The molecule has 1 aromatic rings. The van der Waals surface area contributed by atoms with Crippen LogP contribution in [-0.4, -0.2) is 30.1 Å². The van der Waals surface area contributed by atoms with Crippen molar-refractivity contribution in [3.05, 3.63) is 30.1 Å². The number of nitrogens with one attached hydrogen (secondary N) is 2. The van der Waals surface area contributed by atoms with E-state index < -0.39 is 17.6 Å². The molecule has 0 bridgehead atoms. The first-order valence-corrected chi connectivity index (χ1v) is 7.03. The number of benzene rings is 1. The minimum absolute atomic E-state index is 0.0295. The molecule has 21 heavy (non-hydrogen) atoms. The molecule has 0 saturated heterocycles.